The van der Waals surface area contributed by atoms with Crippen LogP contribution >= 0.6 is 0 Å². The lowest BCUT2D eigenvalue weighted by Gasteiger charge is -2.18. The van der Waals surface area contributed by atoms with Gasteiger partial charge in [-0.2, -0.15) is 0 Å². The summed E-state index contributed by atoms with van der Waals surface area (Å²) < 4.78 is 0. The summed E-state index contributed by atoms with van der Waals surface area (Å²) in [6, 6.07) is 8.95. The minimum Gasteiger partial charge on any atom is -0.368 e. The number of hydrogen-bond acceptors (Lipinski definition) is 2. The molecule has 108 valence electrons. The first-order valence-electron chi connectivity index (χ1n) is 6.72. The monoisotopic (exact) mass is 274 g/mol. The van der Waals surface area contributed by atoms with Crippen LogP contribution in [-0.2, 0) is 16.0 Å². The van der Waals surface area contributed by atoms with Gasteiger partial charge in [-0.25, -0.2) is 0 Å². The number of nitrogens with two attached hydrogens (primary N) is 1. The van der Waals surface area contributed by atoms with Gasteiger partial charge in [0.15, 0.2) is 0 Å². The maximum Gasteiger partial charge on any atom is 0.247 e. The molecule has 20 heavy (non-hydrogen) atoms. The Labute approximate surface area is 120 Å². The SMILES string of the molecule is C=C(Cc1ccccc1)C(=O)NC(CC(C)C)C(N)=O. The molecule has 4 heteroatoms. The lowest BCUT2D eigenvalue weighted by Crippen LogP contribution is -2.45. The highest BCUT2D eigenvalue weighted by Gasteiger charge is 2.20. The van der Waals surface area contributed by atoms with Crippen LogP contribution in [-0.4, -0.2) is 17.9 Å². The average molecular weight is 274 g/mol. The van der Waals surface area contributed by atoms with Crippen LogP contribution in [0.5, 0.6) is 0 Å². The van der Waals surface area contributed by atoms with Crippen molar-refractivity contribution in [2.45, 2.75) is 32.7 Å². The summed E-state index contributed by atoms with van der Waals surface area (Å²) in [5.41, 5.74) is 6.73. The van der Waals surface area contributed by atoms with E-state index in [1.807, 2.05) is 44.2 Å². The van der Waals surface area contributed by atoms with Gasteiger partial charge in [-0.3, -0.25) is 9.59 Å². The largest absolute Gasteiger partial charge is 0.368 e. The van der Waals surface area contributed by atoms with Gasteiger partial charge in [0, 0.05) is 12.0 Å². The van der Waals surface area contributed by atoms with Gasteiger partial charge < -0.3 is 11.1 Å². The Hall–Kier alpha value is -2.10. The number of rotatable bonds is 7. The average Bonchev–Trinajstić information content (AvgIpc) is 2.38. The predicted octanol–water partition coefficient (Wildman–Crippen LogP) is 1.80. The minimum atomic E-state index is -0.643. The van der Waals surface area contributed by atoms with Gasteiger partial charge in [0.05, 0.1) is 0 Å². The zero-order valence-electron chi connectivity index (χ0n) is 12.1. The van der Waals surface area contributed by atoms with Crippen molar-refractivity contribution in [1.29, 1.82) is 0 Å². The van der Waals surface area contributed by atoms with E-state index in [1.165, 1.54) is 0 Å². The van der Waals surface area contributed by atoms with Crippen molar-refractivity contribution in [2.24, 2.45) is 11.7 Å². The highest BCUT2D eigenvalue weighted by Crippen LogP contribution is 2.09. The molecule has 1 aromatic carbocycles. The lowest BCUT2D eigenvalue weighted by atomic mass is 10.0. The molecule has 0 aromatic heterocycles. The van der Waals surface area contributed by atoms with Gasteiger partial charge in [-0.05, 0) is 17.9 Å². The highest BCUT2D eigenvalue weighted by molar-refractivity contribution is 5.96. The number of hydrogen-bond donors (Lipinski definition) is 2. The van der Waals surface area contributed by atoms with Gasteiger partial charge in [-0.15, -0.1) is 0 Å². The van der Waals surface area contributed by atoms with E-state index in [1.54, 1.807) is 0 Å². The van der Waals surface area contributed by atoms with Crippen LogP contribution in [0.3, 0.4) is 0 Å². The maximum absolute atomic E-state index is 12.0. The summed E-state index contributed by atoms with van der Waals surface area (Å²) in [5, 5.41) is 2.65. The zero-order valence-corrected chi connectivity index (χ0v) is 12.1. The number of nitrogens with one attached hydrogen (secondary N) is 1. The van der Waals surface area contributed by atoms with Crippen molar-refractivity contribution in [3.63, 3.8) is 0 Å². The molecule has 0 radical (unpaired) electrons. The van der Waals surface area contributed by atoms with E-state index in [4.69, 9.17) is 5.73 Å². The van der Waals surface area contributed by atoms with Gasteiger partial charge >= 0.3 is 0 Å². The Morgan fingerprint density at radius 2 is 1.85 bits per heavy atom. The predicted molar refractivity (Wildman–Crippen MR) is 79.9 cm³/mol. The van der Waals surface area contributed by atoms with Crippen molar-refractivity contribution in [3.8, 4) is 0 Å². The molecular weight excluding hydrogens is 252 g/mol. The fraction of sp³-hybridized carbons (Fsp3) is 0.375. The second-order valence-electron chi connectivity index (χ2n) is 5.32. The standard InChI is InChI=1S/C16H22N2O2/c1-11(2)9-14(15(17)19)18-16(20)12(3)10-13-7-5-4-6-8-13/h4-8,11,14H,3,9-10H2,1-2H3,(H2,17,19)(H,18,20). The van der Waals surface area contributed by atoms with E-state index < -0.39 is 11.9 Å². The van der Waals surface area contributed by atoms with Crippen molar-refractivity contribution < 1.29 is 9.59 Å². The van der Waals surface area contributed by atoms with Gasteiger partial charge in [0.1, 0.15) is 6.04 Å². The van der Waals surface area contributed by atoms with E-state index in [9.17, 15) is 9.59 Å². The highest BCUT2D eigenvalue weighted by atomic mass is 16.2. The lowest BCUT2D eigenvalue weighted by molar-refractivity contribution is -0.125. The molecule has 0 saturated carbocycles. The summed E-state index contributed by atoms with van der Waals surface area (Å²) >= 11 is 0. The summed E-state index contributed by atoms with van der Waals surface area (Å²) in [4.78, 5) is 23.4. The van der Waals surface area contributed by atoms with Crippen molar-refractivity contribution in [3.05, 3.63) is 48.0 Å². The molecule has 1 unspecified atom stereocenters. The van der Waals surface area contributed by atoms with Crippen molar-refractivity contribution >= 4 is 11.8 Å². The Morgan fingerprint density at radius 3 is 2.35 bits per heavy atom. The quantitative estimate of drug-likeness (QED) is 0.744. The van der Waals surface area contributed by atoms with Crippen LogP contribution in [0.2, 0.25) is 0 Å². The molecule has 0 fully saturated rings. The number of amides is 2. The number of primary amides is 1. The number of carbonyl (C=O) groups excluding carboxylic acids is 2. The van der Waals surface area contributed by atoms with Crippen LogP contribution in [0, 0.1) is 5.92 Å². The number of carbonyl (C=O) groups is 2. The fourth-order valence-electron chi connectivity index (χ4n) is 1.90. The van der Waals surface area contributed by atoms with Crippen LogP contribution in [0.1, 0.15) is 25.8 Å². The van der Waals surface area contributed by atoms with Crippen molar-refractivity contribution in [2.75, 3.05) is 0 Å². The van der Waals surface area contributed by atoms with E-state index in [2.05, 4.69) is 11.9 Å². The van der Waals surface area contributed by atoms with E-state index in [0.717, 1.165) is 5.56 Å². The van der Waals surface area contributed by atoms with E-state index in [0.29, 0.717) is 18.4 Å². The first kappa shape index (κ1) is 16.0. The topological polar surface area (TPSA) is 72.2 Å². The molecule has 4 nitrogen and oxygen atoms in total. The summed E-state index contributed by atoms with van der Waals surface area (Å²) in [6.45, 7) is 7.72. The molecule has 1 rings (SSSR count). The first-order valence-corrected chi connectivity index (χ1v) is 6.72. The molecule has 0 bridgehead atoms. The Balaban J connectivity index is 2.60. The normalized spacial score (nSPS) is 11.9. The van der Waals surface area contributed by atoms with Crippen LogP contribution in [0.25, 0.3) is 0 Å². The molecule has 1 atom stereocenters. The Kier molecular flexibility index (Phi) is 5.97. The van der Waals surface area contributed by atoms with Crippen LogP contribution in [0.15, 0.2) is 42.5 Å². The third kappa shape index (κ3) is 5.26. The fourth-order valence-corrected chi connectivity index (χ4v) is 1.90. The summed E-state index contributed by atoms with van der Waals surface area (Å²) in [7, 11) is 0. The molecule has 2 amide bonds. The van der Waals surface area contributed by atoms with Gasteiger partial charge in [0.2, 0.25) is 11.8 Å². The Bertz CT molecular complexity index is 481. The third-order valence-electron chi connectivity index (χ3n) is 2.94. The maximum atomic E-state index is 12.0. The van der Waals surface area contributed by atoms with Gasteiger partial charge in [-0.1, -0.05) is 50.8 Å². The molecule has 0 heterocycles. The van der Waals surface area contributed by atoms with Crippen LogP contribution in [0.4, 0.5) is 0 Å². The molecule has 0 spiro atoms. The number of benzene rings is 1. The smallest absolute Gasteiger partial charge is 0.247 e. The summed E-state index contributed by atoms with van der Waals surface area (Å²) in [6.07, 6.45) is 0.986. The molecule has 1 aromatic rings. The van der Waals surface area contributed by atoms with Crippen molar-refractivity contribution in [1.82, 2.24) is 5.32 Å². The second-order valence-corrected chi connectivity index (χ2v) is 5.32. The van der Waals surface area contributed by atoms with E-state index >= 15 is 0 Å². The molecule has 0 aliphatic carbocycles. The zero-order chi connectivity index (χ0) is 15.1. The minimum absolute atomic E-state index is 0.273. The third-order valence-corrected chi connectivity index (χ3v) is 2.94. The first-order chi connectivity index (χ1) is 9.40. The molecule has 0 aliphatic heterocycles. The molecule has 0 aliphatic rings. The Morgan fingerprint density at radius 1 is 1.25 bits per heavy atom. The molecule has 0 saturated heterocycles. The van der Waals surface area contributed by atoms with E-state index in [-0.39, 0.29) is 11.8 Å². The molecule has 3 N–H and O–H groups in total. The molecular formula is C16H22N2O2. The summed E-state index contributed by atoms with van der Waals surface area (Å²) in [5.74, 6) is -0.562. The van der Waals surface area contributed by atoms with Gasteiger partial charge in [0.25, 0.3) is 0 Å². The van der Waals surface area contributed by atoms with Crippen LogP contribution < -0.4 is 11.1 Å². The second kappa shape index (κ2) is 7.48.